The zero-order valence-electron chi connectivity index (χ0n) is 24.6. The van der Waals surface area contributed by atoms with Gasteiger partial charge >= 0.3 is 23.9 Å². The quantitative estimate of drug-likeness (QED) is 0.122. The van der Waals surface area contributed by atoms with Gasteiger partial charge in [-0.15, -0.1) is 0 Å². The maximum absolute atomic E-state index is 10.4. The van der Waals surface area contributed by atoms with Crippen LogP contribution >= 0.6 is 0 Å². The van der Waals surface area contributed by atoms with Crippen LogP contribution in [0.5, 0.6) is 0 Å². The zero-order chi connectivity index (χ0) is 28.5. The number of carbonyl (C=O) groups excluding carboxylic acids is 4. The minimum absolute atomic E-state index is 0.163. The van der Waals surface area contributed by atoms with E-state index in [0.717, 1.165) is 25.7 Å². The van der Waals surface area contributed by atoms with Crippen molar-refractivity contribution in [1.82, 2.24) is 0 Å². The smallest absolute Gasteiger partial charge is 0.302 e. The molecule has 0 aliphatic rings. The van der Waals surface area contributed by atoms with E-state index in [2.05, 4.69) is 30.2 Å². The third-order valence-corrected chi connectivity index (χ3v) is 4.26. The van der Waals surface area contributed by atoms with Crippen LogP contribution in [0.15, 0.2) is 0 Å². The lowest BCUT2D eigenvalue weighted by Crippen LogP contribution is -1.99. The van der Waals surface area contributed by atoms with Crippen LogP contribution in [-0.2, 0) is 38.1 Å². The number of hydrogen-bond acceptors (Lipinski definition) is 8. The predicted octanol–water partition coefficient (Wildman–Crippen LogP) is 6.96. The lowest BCUT2D eigenvalue weighted by molar-refractivity contribution is -0.142. The molecule has 0 bridgehead atoms. The predicted molar refractivity (Wildman–Crippen MR) is 145 cm³/mol. The summed E-state index contributed by atoms with van der Waals surface area (Å²) in [5.41, 5.74) is 0. The maximum Gasteiger partial charge on any atom is 0.302 e. The molecule has 0 aromatic rings. The van der Waals surface area contributed by atoms with Crippen LogP contribution in [0, 0.1) is 0 Å². The summed E-state index contributed by atoms with van der Waals surface area (Å²) in [6, 6.07) is 0. The van der Waals surface area contributed by atoms with Gasteiger partial charge in [0.05, 0.1) is 26.4 Å². The average Bonchev–Trinajstić information content (AvgIpc) is 2.79. The second-order valence-corrected chi connectivity index (χ2v) is 8.13. The molecule has 0 aliphatic carbocycles. The first kappa shape index (κ1) is 41.0. The largest absolute Gasteiger partial charge is 0.466 e. The Labute approximate surface area is 221 Å². The molecule has 0 amide bonds. The molecule has 0 N–H and O–H groups in total. The van der Waals surface area contributed by atoms with Gasteiger partial charge in [0, 0.05) is 27.7 Å². The van der Waals surface area contributed by atoms with E-state index >= 15 is 0 Å². The Bertz CT molecular complexity index is 492. The SMILES string of the molecule is CCCCCCCCOC(C)=O.CCCCCCOC(C)=O.CCCCOC(C)=O.CCOC(C)=O. The van der Waals surface area contributed by atoms with Gasteiger partial charge < -0.3 is 18.9 Å². The summed E-state index contributed by atoms with van der Waals surface area (Å²) in [6.45, 7) is 16.2. The number of rotatable bonds is 16. The van der Waals surface area contributed by atoms with Crippen LogP contribution < -0.4 is 0 Å². The van der Waals surface area contributed by atoms with Crippen molar-refractivity contribution < 1.29 is 38.1 Å². The van der Waals surface area contributed by atoms with E-state index in [0.29, 0.717) is 26.4 Å². The zero-order valence-corrected chi connectivity index (χ0v) is 24.6. The molecule has 0 saturated carbocycles. The number of unbranched alkanes of at least 4 members (excludes halogenated alkanes) is 9. The molecule has 36 heavy (non-hydrogen) atoms. The van der Waals surface area contributed by atoms with Gasteiger partial charge in [0.15, 0.2) is 0 Å². The van der Waals surface area contributed by atoms with Crippen molar-refractivity contribution in [2.24, 2.45) is 0 Å². The molecule has 0 spiro atoms. The van der Waals surface area contributed by atoms with Gasteiger partial charge in [-0.25, -0.2) is 0 Å². The number of ether oxygens (including phenoxy) is 4. The highest BCUT2D eigenvalue weighted by Gasteiger charge is 1.93. The lowest BCUT2D eigenvalue weighted by Gasteiger charge is -2.01. The second kappa shape index (κ2) is 37.4. The van der Waals surface area contributed by atoms with Crippen LogP contribution in [-0.4, -0.2) is 50.3 Å². The molecular formula is C28H56O8. The molecule has 0 aliphatic heterocycles. The molecule has 0 atom stereocenters. The van der Waals surface area contributed by atoms with Crippen LogP contribution in [0.2, 0.25) is 0 Å². The molecular weight excluding hydrogens is 464 g/mol. The van der Waals surface area contributed by atoms with Crippen molar-refractivity contribution in [2.45, 2.75) is 132 Å². The van der Waals surface area contributed by atoms with Gasteiger partial charge in [-0.05, 0) is 26.2 Å². The van der Waals surface area contributed by atoms with Gasteiger partial charge in [0.2, 0.25) is 0 Å². The minimum Gasteiger partial charge on any atom is -0.466 e. The highest BCUT2D eigenvalue weighted by atomic mass is 16.5. The van der Waals surface area contributed by atoms with Crippen molar-refractivity contribution in [3.05, 3.63) is 0 Å². The molecule has 0 heterocycles. The molecule has 8 nitrogen and oxygen atoms in total. The first-order valence-electron chi connectivity index (χ1n) is 13.6. The Balaban J connectivity index is -0.000000195. The Morgan fingerprint density at radius 3 is 0.944 bits per heavy atom. The van der Waals surface area contributed by atoms with Crippen LogP contribution in [0.25, 0.3) is 0 Å². The average molecular weight is 521 g/mol. The van der Waals surface area contributed by atoms with Crippen molar-refractivity contribution in [2.75, 3.05) is 26.4 Å². The Kier molecular flexibility index (Phi) is 42.7. The minimum atomic E-state index is -0.211. The summed E-state index contributed by atoms with van der Waals surface area (Å²) in [4.78, 5) is 40.5. The Hall–Kier alpha value is -2.12. The second-order valence-electron chi connectivity index (χ2n) is 8.13. The van der Waals surface area contributed by atoms with Gasteiger partial charge in [0.1, 0.15) is 0 Å². The van der Waals surface area contributed by atoms with Gasteiger partial charge in [-0.2, -0.15) is 0 Å². The highest BCUT2D eigenvalue weighted by molar-refractivity contribution is 5.66. The molecule has 0 aromatic carbocycles. The number of carbonyl (C=O) groups is 4. The topological polar surface area (TPSA) is 105 Å². The Morgan fingerprint density at radius 2 is 0.667 bits per heavy atom. The fraction of sp³-hybridized carbons (Fsp3) is 0.857. The fourth-order valence-corrected chi connectivity index (χ4v) is 2.41. The Morgan fingerprint density at radius 1 is 0.389 bits per heavy atom. The molecule has 0 unspecified atom stereocenters. The van der Waals surface area contributed by atoms with Crippen LogP contribution in [0.3, 0.4) is 0 Å². The first-order valence-corrected chi connectivity index (χ1v) is 13.6. The number of hydrogen-bond donors (Lipinski definition) is 0. The normalized spacial score (nSPS) is 9.11. The molecule has 0 rings (SSSR count). The molecule has 0 saturated heterocycles. The van der Waals surface area contributed by atoms with Gasteiger partial charge in [0.25, 0.3) is 0 Å². The monoisotopic (exact) mass is 520 g/mol. The summed E-state index contributed by atoms with van der Waals surface area (Å²) < 4.78 is 18.6. The van der Waals surface area contributed by atoms with E-state index in [1.807, 2.05) is 0 Å². The van der Waals surface area contributed by atoms with Crippen molar-refractivity contribution in [1.29, 1.82) is 0 Å². The van der Waals surface area contributed by atoms with Crippen molar-refractivity contribution in [3.8, 4) is 0 Å². The standard InChI is InChI=1S/C10H20O2.C8H16O2.C6H12O2.C4H8O2/c1-3-4-5-6-7-8-9-12-10(2)11;1-3-4-5-6-7-10-8(2)9;1-3-4-5-8-6(2)7;1-3-6-4(2)5/h3-9H2,1-2H3;3-7H2,1-2H3;3-5H2,1-2H3;3H2,1-2H3. The highest BCUT2D eigenvalue weighted by Crippen LogP contribution is 2.04. The van der Waals surface area contributed by atoms with Crippen molar-refractivity contribution in [3.63, 3.8) is 0 Å². The summed E-state index contributed by atoms with van der Waals surface area (Å²) >= 11 is 0. The number of esters is 4. The third kappa shape index (κ3) is 63.5. The lowest BCUT2D eigenvalue weighted by atomic mass is 10.1. The van der Waals surface area contributed by atoms with E-state index in [4.69, 9.17) is 9.47 Å². The third-order valence-electron chi connectivity index (χ3n) is 4.26. The van der Waals surface area contributed by atoms with E-state index in [-0.39, 0.29) is 23.9 Å². The maximum atomic E-state index is 10.4. The van der Waals surface area contributed by atoms with E-state index in [1.165, 1.54) is 79.1 Å². The summed E-state index contributed by atoms with van der Waals surface area (Å²) in [5.74, 6) is -0.726. The molecule has 8 heteroatoms. The van der Waals surface area contributed by atoms with E-state index in [9.17, 15) is 19.2 Å². The van der Waals surface area contributed by atoms with Gasteiger partial charge in [-0.1, -0.05) is 78.6 Å². The molecule has 216 valence electrons. The summed E-state index contributed by atoms with van der Waals surface area (Å²) in [7, 11) is 0. The van der Waals surface area contributed by atoms with Crippen LogP contribution in [0.4, 0.5) is 0 Å². The van der Waals surface area contributed by atoms with E-state index in [1.54, 1.807) is 6.92 Å². The van der Waals surface area contributed by atoms with Crippen molar-refractivity contribution >= 4 is 23.9 Å². The summed E-state index contributed by atoms with van der Waals surface area (Å²) in [5, 5.41) is 0. The fourth-order valence-electron chi connectivity index (χ4n) is 2.41. The first-order chi connectivity index (χ1) is 17.1. The summed E-state index contributed by atoms with van der Waals surface area (Å²) in [6.07, 6.45) is 14.1. The van der Waals surface area contributed by atoms with E-state index < -0.39 is 0 Å². The molecule has 0 radical (unpaired) electrons. The molecule has 0 aromatic heterocycles. The van der Waals surface area contributed by atoms with Gasteiger partial charge in [-0.3, -0.25) is 19.2 Å². The molecule has 0 fully saturated rings. The van der Waals surface area contributed by atoms with Crippen LogP contribution in [0.1, 0.15) is 132 Å².